The second kappa shape index (κ2) is 11.9. The highest BCUT2D eigenvalue weighted by atomic mass is 32.2. The molecule has 1 aromatic heterocycles. The van der Waals surface area contributed by atoms with Crippen LogP contribution in [0.4, 0.5) is 0 Å². The fourth-order valence-corrected chi connectivity index (χ4v) is 3.96. The molecule has 152 valence electrons. The molecule has 0 aromatic carbocycles. The average Bonchev–Trinajstić information content (AvgIpc) is 2.87. The number of nitrogens with one attached hydrogen (secondary N) is 2. The molecule has 2 N–H and O–H groups in total. The number of thioether (sulfide) groups is 1. The largest absolute Gasteiger partial charge is 0.464 e. The van der Waals surface area contributed by atoms with Crippen LogP contribution in [0.1, 0.15) is 50.0 Å². The van der Waals surface area contributed by atoms with Gasteiger partial charge in [-0.2, -0.15) is 11.8 Å². The zero-order valence-electron chi connectivity index (χ0n) is 16.4. The molecule has 8 heteroatoms. The van der Waals surface area contributed by atoms with Gasteiger partial charge in [-0.3, -0.25) is 10.1 Å². The minimum absolute atomic E-state index is 0.331. The average molecular weight is 397 g/mol. The van der Waals surface area contributed by atoms with Gasteiger partial charge in [0.1, 0.15) is 11.5 Å². The molecule has 2 rings (SSSR count). The Morgan fingerprint density at radius 1 is 1.30 bits per heavy atom. The lowest BCUT2D eigenvalue weighted by Gasteiger charge is -2.19. The molecule has 0 spiro atoms. The lowest BCUT2D eigenvalue weighted by Crippen LogP contribution is -2.36. The molecule has 0 aliphatic heterocycles. The fourth-order valence-electron chi connectivity index (χ4n) is 3.21. The van der Waals surface area contributed by atoms with Crippen molar-refractivity contribution in [2.75, 3.05) is 26.4 Å². The van der Waals surface area contributed by atoms with Crippen molar-refractivity contribution < 1.29 is 9.34 Å². The molecule has 1 heterocycles. The minimum Gasteiger partial charge on any atom is -0.464 e. The first kappa shape index (κ1) is 21.6. The van der Waals surface area contributed by atoms with Crippen molar-refractivity contribution in [2.24, 2.45) is 0 Å². The first-order valence-corrected chi connectivity index (χ1v) is 10.8. The van der Waals surface area contributed by atoms with E-state index in [1.165, 1.54) is 25.7 Å². The van der Waals surface area contributed by atoms with Gasteiger partial charge in [0.15, 0.2) is 5.82 Å². The van der Waals surface area contributed by atoms with Crippen LogP contribution in [-0.4, -0.2) is 42.3 Å². The molecule has 1 aliphatic carbocycles. The molecular formula is C19H32N4O3S. The molecule has 0 unspecified atom stereocenters. The van der Waals surface area contributed by atoms with Crippen LogP contribution < -0.4 is 10.6 Å². The highest BCUT2D eigenvalue weighted by Crippen LogP contribution is 2.18. The van der Waals surface area contributed by atoms with E-state index in [2.05, 4.69) is 15.5 Å². The van der Waals surface area contributed by atoms with E-state index in [0.29, 0.717) is 18.4 Å². The van der Waals surface area contributed by atoms with Crippen molar-refractivity contribution in [1.29, 1.82) is 0 Å². The molecule has 0 amide bonds. The van der Waals surface area contributed by atoms with Crippen LogP contribution in [0.15, 0.2) is 28.6 Å². The van der Waals surface area contributed by atoms with E-state index in [1.54, 1.807) is 11.8 Å². The maximum Gasteiger partial charge on any atom is 0.274 e. The Hall–Kier alpha value is -1.67. The van der Waals surface area contributed by atoms with Gasteiger partial charge in [-0.25, -0.2) is 0 Å². The van der Waals surface area contributed by atoms with Gasteiger partial charge in [0.25, 0.3) is 6.20 Å². The Morgan fingerprint density at radius 3 is 2.67 bits per heavy atom. The van der Waals surface area contributed by atoms with Gasteiger partial charge in [0, 0.05) is 18.3 Å². The molecular weight excluding hydrogens is 364 g/mol. The summed E-state index contributed by atoms with van der Waals surface area (Å²) in [4.78, 5) is 12.6. The maximum absolute atomic E-state index is 10.9. The van der Waals surface area contributed by atoms with E-state index in [4.69, 9.17) is 4.42 Å². The molecule has 0 atom stereocenters. The molecule has 0 saturated heterocycles. The van der Waals surface area contributed by atoms with Crippen LogP contribution in [-0.2, 0) is 12.3 Å². The predicted octanol–water partition coefficient (Wildman–Crippen LogP) is 3.55. The van der Waals surface area contributed by atoms with Gasteiger partial charge < -0.3 is 20.0 Å². The molecule has 7 nitrogen and oxygen atoms in total. The van der Waals surface area contributed by atoms with Crippen molar-refractivity contribution >= 4 is 11.8 Å². The SMILES string of the molecule is CN(C)Cc1ccc(CSCCN/C(=C/[N+](=O)[O-])NC2CCCCCC2)o1. The van der Waals surface area contributed by atoms with Gasteiger partial charge in [-0.1, -0.05) is 25.7 Å². The summed E-state index contributed by atoms with van der Waals surface area (Å²) in [7, 11) is 4.03. The molecule has 1 aliphatic rings. The van der Waals surface area contributed by atoms with Crippen LogP contribution in [0.25, 0.3) is 0 Å². The quantitative estimate of drug-likeness (QED) is 0.256. The number of nitro groups is 1. The molecule has 1 fully saturated rings. The molecule has 1 saturated carbocycles. The second-order valence-corrected chi connectivity index (χ2v) is 8.35. The van der Waals surface area contributed by atoms with E-state index < -0.39 is 4.92 Å². The summed E-state index contributed by atoms with van der Waals surface area (Å²) in [5.74, 6) is 4.12. The van der Waals surface area contributed by atoms with Crippen LogP contribution in [0.2, 0.25) is 0 Å². The molecule has 0 bridgehead atoms. The van der Waals surface area contributed by atoms with E-state index in [1.807, 2.05) is 26.2 Å². The van der Waals surface area contributed by atoms with Gasteiger partial charge in [0.05, 0.1) is 17.2 Å². The summed E-state index contributed by atoms with van der Waals surface area (Å²) < 4.78 is 5.79. The minimum atomic E-state index is -0.395. The fraction of sp³-hybridized carbons (Fsp3) is 0.684. The Balaban J connectivity index is 1.70. The van der Waals surface area contributed by atoms with E-state index in [0.717, 1.165) is 48.6 Å². The Bertz CT molecular complexity index is 596. The first-order chi connectivity index (χ1) is 13.0. The van der Waals surface area contributed by atoms with Crippen LogP contribution in [0.5, 0.6) is 0 Å². The highest BCUT2D eigenvalue weighted by Gasteiger charge is 2.14. The normalized spacial score (nSPS) is 16.3. The number of furan rings is 1. The van der Waals surface area contributed by atoms with Crippen molar-refractivity contribution in [2.45, 2.75) is 56.9 Å². The molecule has 27 heavy (non-hydrogen) atoms. The Labute approximate surface area is 166 Å². The first-order valence-electron chi connectivity index (χ1n) is 9.68. The van der Waals surface area contributed by atoms with Gasteiger partial charge in [-0.15, -0.1) is 0 Å². The van der Waals surface area contributed by atoms with Crippen LogP contribution in [0, 0.1) is 10.1 Å². The smallest absolute Gasteiger partial charge is 0.274 e. The number of rotatable bonds is 11. The Kier molecular flexibility index (Phi) is 9.55. The van der Waals surface area contributed by atoms with Crippen molar-refractivity contribution in [3.63, 3.8) is 0 Å². The number of hydrogen-bond donors (Lipinski definition) is 2. The summed E-state index contributed by atoms with van der Waals surface area (Å²) in [5.41, 5.74) is 0. The third-order valence-electron chi connectivity index (χ3n) is 4.44. The van der Waals surface area contributed by atoms with Gasteiger partial charge in [-0.05, 0) is 39.1 Å². The van der Waals surface area contributed by atoms with Crippen molar-refractivity contribution in [1.82, 2.24) is 15.5 Å². The second-order valence-electron chi connectivity index (χ2n) is 7.25. The van der Waals surface area contributed by atoms with Gasteiger partial charge in [0.2, 0.25) is 0 Å². The van der Waals surface area contributed by atoms with E-state index >= 15 is 0 Å². The standard InChI is InChI=1S/C19H32N4O3S/c1-22(2)13-17-9-10-18(26-17)15-27-12-11-20-19(14-23(24)25)21-16-7-5-3-4-6-8-16/h9-10,14,16,20-21H,3-8,11-13,15H2,1-2H3/b19-14-. The molecule has 1 aromatic rings. The Morgan fingerprint density at radius 2 is 2.00 bits per heavy atom. The zero-order chi connectivity index (χ0) is 19.5. The van der Waals surface area contributed by atoms with Crippen LogP contribution >= 0.6 is 11.8 Å². The van der Waals surface area contributed by atoms with Crippen molar-refractivity contribution in [3.05, 3.63) is 45.8 Å². The third-order valence-corrected chi connectivity index (χ3v) is 5.43. The summed E-state index contributed by atoms with van der Waals surface area (Å²) in [6.07, 6.45) is 8.13. The summed E-state index contributed by atoms with van der Waals surface area (Å²) in [6, 6.07) is 4.37. The predicted molar refractivity (Wildman–Crippen MR) is 110 cm³/mol. The topological polar surface area (TPSA) is 83.6 Å². The molecule has 0 radical (unpaired) electrons. The monoisotopic (exact) mass is 396 g/mol. The van der Waals surface area contributed by atoms with E-state index in [-0.39, 0.29) is 0 Å². The third kappa shape index (κ3) is 9.19. The van der Waals surface area contributed by atoms with Crippen molar-refractivity contribution in [3.8, 4) is 0 Å². The summed E-state index contributed by atoms with van der Waals surface area (Å²) >= 11 is 1.75. The number of nitrogens with zero attached hydrogens (tertiary/aromatic N) is 2. The summed E-state index contributed by atoms with van der Waals surface area (Å²) in [6.45, 7) is 1.48. The maximum atomic E-state index is 10.9. The highest BCUT2D eigenvalue weighted by molar-refractivity contribution is 7.98. The zero-order valence-corrected chi connectivity index (χ0v) is 17.2. The van der Waals surface area contributed by atoms with Gasteiger partial charge >= 0.3 is 0 Å². The van der Waals surface area contributed by atoms with E-state index in [9.17, 15) is 10.1 Å². The lowest BCUT2D eigenvalue weighted by atomic mass is 10.1. The number of hydrogen-bond acceptors (Lipinski definition) is 7. The van der Waals surface area contributed by atoms with Crippen LogP contribution in [0.3, 0.4) is 0 Å². The lowest BCUT2D eigenvalue weighted by molar-refractivity contribution is -0.404. The summed E-state index contributed by atoms with van der Waals surface area (Å²) in [5, 5.41) is 17.4.